The monoisotopic (exact) mass is 281 g/mol. The maximum atomic E-state index is 10.9. The molecule has 2 N–H and O–H groups in total. The number of oxazole rings is 1. The molecular formula is C12H15N3O5. The van der Waals surface area contributed by atoms with E-state index in [4.69, 9.17) is 14.3 Å². The van der Waals surface area contributed by atoms with Crippen LogP contribution in [0, 0.1) is 10.1 Å². The number of aromatic nitrogens is 1. The quantitative estimate of drug-likeness (QED) is 0.585. The van der Waals surface area contributed by atoms with E-state index in [0.29, 0.717) is 18.6 Å². The van der Waals surface area contributed by atoms with Gasteiger partial charge >= 0.3 is 0 Å². The fraction of sp³-hybridized carbons (Fsp3) is 0.417. The molecule has 1 atom stereocenters. The number of rotatable bonds is 7. The molecule has 0 aliphatic rings. The molecular weight excluding hydrogens is 266 g/mol. The van der Waals surface area contributed by atoms with Crippen LogP contribution in [0.5, 0.6) is 0 Å². The van der Waals surface area contributed by atoms with Crippen LogP contribution in [0.3, 0.4) is 0 Å². The molecule has 8 nitrogen and oxygen atoms in total. The molecule has 0 aliphatic heterocycles. The Balaban J connectivity index is 2.27. The summed E-state index contributed by atoms with van der Waals surface area (Å²) in [7, 11) is 1.54. The number of nitro benzene ring substituents is 1. The van der Waals surface area contributed by atoms with Gasteiger partial charge in [-0.15, -0.1) is 0 Å². The molecule has 0 radical (unpaired) electrons. The first-order valence-electron chi connectivity index (χ1n) is 6.06. The number of anilines is 1. The number of para-hydroxylation sites is 1. The SMILES string of the molecule is COCC(CCO)Nc1nc2c([N+](=O)[O-])cccc2o1. The number of ether oxygens (including phenoxy) is 1. The summed E-state index contributed by atoms with van der Waals surface area (Å²) < 4.78 is 10.4. The van der Waals surface area contributed by atoms with Crippen molar-refractivity contribution in [1.82, 2.24) is 4.98 Å². The Labute approximate surface area is 114 Å². The Morgan fingerprint density at radius 2 is 2.40 bits per heavy atom. The van der Waals surface area contributed by atoms with Gasteiger partial charge in [0, 0.05) is 19.8 Å². The third kappa shape index (κ3) is 3.03. The van der Waals surface area contributed by atoms with Crippen molar-refractivity contribution in [3.05, 3.63) is 28.3 Å². The largest absolute Gasteiger partial charge is 0.423 e. The molecule has 2 aromatic rings. The minimum absolute atomic E-state index is 0.0125. The normalized spacial score (nSPS) is 12.5. The van der Waals surface area contributed by atoms with Crippen LogP contribution in [0.1, 0.15) is 6.42 Å². The van der Waals surface area contributed by atoms with Crippen LogP contribution < -0.4 is 5.32 Å². The van der Waals surface area contributed by atoms with Gasteiger partial charge in [-0.25, -0.2) is 0 Å². The van der Waals surface area contributed by atoms with Crippen molar-refractivity contribution >= 4 is 22.8 Å². The molecule has 1 aromatic carbocycles. The molecule has 20 heavy (non-hydrogen) atoms. The average Bonchev–Trinajstić information content (AvgIpc) is 2.81. The fourth-order valence-corrected chi connectivity index (χ4v) is 1.87. The van der Waals surface area contributed by atoms with Crippen LogP contribution in [0.4, 0.5) is 11.7 Å². The molecule has 0 amide bonds. The summed E-state index contributed by atoms with van der Waals surface area (Å²) in [6.07, 6.45) is 0.453. The van der Waals surface area contributed by atoms with Gasteiger partial charge in [-0.05, 0) is 12.5 Å². The predicted molar refractivity (Wildman–Crippen MR) is 71.7 cm³/mol. The van der Waals surface area contributed by atoms with Gasteiger partial charge in [-0.3, -0.25) is 10.1 Å². The van der Waals surface area contributed by atoms with E-state index < -0.39 is 4.92 Å². The van der Waals surface area contributed by atoms with Crippen LogP contribution >= 0.6 is 0 Å². The van der Waals surface area contributed by atoms with E-state index in [9.17, 15) is 10.1 Å². The fourth-order valence-electron chi connectivity index (χ4n) is 1.87. The second-order valence-corrected chi connectivity index (χ2v) is 4.21. The van der Waals surface area contributed by atoms with E-state index in [-0.39, 0.29) is 29.9 Å². The third-order valence-electron chi connectivity index (χ3n) is 2.77. The zero-order chi connectivity index (χ0) is 14.5. The Morgan fingerprint density at radius 1 is 1.60 bits per heavy atom. The maximum absolute atomic E-state index is 10.9. The molecule has 0 saturated carbocycles. The van der Waals surface area contributed by atoms with Crippen molar-refractivity contribution in [3.8, 4) is 0 Å². The first-order valence-corrected chi connectivity index (χ1v) is 6.06. The van der Waals surface area contributed by atoms with E-state index in [1.807, 2.05) is 0 Å². The number of aliphatic hydroxyl groups is 1. The van der Waals surface area contributed by atoms with Gasteiger partial charge in [-0.1, -0.05) is 6.07 Å². The predicted octanol–water partition coefficient (Wildman–Crippen LogP) is 1.55. The molecule has 0 saturated heterocycles. The number of nitrogens with zero attached hydrogens (tertiary/aromatic N) is 2. The summed E-state index contributed by atoms with van der Waals surface area (Å²) in [5.74, 6) is 0. The van der Waals surface area contributed by atoms with E-state index in [0.717, 1.165) is 0 Å². The number of nitrogens with one attached hydrogen (secondary N) is 1. The smallest absolute Gasteiger partial charge is 0.298 e. The van der Waals surface area contributed by atoms with E-state index in [1.165, 1.54) is 12.1 Å². The van der Waals surface area contributed by atoms with Gasteiger partial charge in [0.25, 0.3) is 11.7 Å². The number of non-ortho nitro benzene ring substituents is 1. The van der Waals surface area contributed by atoms with Gasteiger partial charge in [0.05, 0.1) is 17.6 Å². The molecule has 1 unspecified atom stereocenters. The van der Waals surface area contributed by atoms with Gasteiger partial charge in [0.15, 0.2) is 11.1 Å². The van der Waals surface area contributed by atoms with Crippen LogP contribution in [-0.2, 0) is 4.74 Å². The van der Waals surface area contributed by atoms with Crippen molar-refractivity contribution < 1.29 is 19.2 Å². The zero-order valence-corrected chi connectivity index (χ0v) is 10.9. The molecule has 1 aromatic heterocycles. The Morgan fingerprint density at radius 3 is 3.05 bits per heavy atom. The van der Waals surface area contributed by atoms with Crippen LogP contribution in [0.15, 0.2) is 22.6 Å². The lowest BCUT2D eigenvalue weighted by Gasteiger charge is -2.14. The lowest BCUT2D eigenvalue weighted by Crippen LogP contribution is -2.26. The highest BCUT2D eigenvalue weighted by molar-refractivity contribution is 5.84. The van der Waals surface area contributed by atoms with Crippen LogP contribution in [-0.4, -0.2) is 41.4 Å². The van der Waals surface area contributed by atoms with Crippen molar-refractivity contribution in [1.29, 1.82) is 0 Å². The van der Waals surface area contributed by atoms with Gasteiger partial charge in [-0.2, -0.15) is 4.98 Å². The zero-order valence-electron chi connectivity index (χ0n) is 10.9. The summed E-state index contributed by atoms with van der Waals surface area (Å²) in [5.41, 5.74) is 0.423. The lowest BCUT2D eigenvalue weighted by atomic mass is 10.2. The Kier molecular flexibility index (Phi) is 4.49. The highest BCUT2D eigenvalue weighted by Gasteiger charge is 2.18. The maximum Gasteiger partial charge on any atom is 0.298 e. The second kappa shape index (κ2) is 6.31. The number of nitro groups is 1. The average molecular weight is 281 g/mol. The standard InChI is InChI=1S/C12H15N3O5/c1-19-7-8(5-6-16)13-12-14-11-9(15(17)18)3-2-4-10(11)20-12/h2-4,8,16H,5-7H2,1H3,(H,13,14). The highest BCUT2D eigenvalue weighted by atomic mass is 16.6. The molecule has 1 heterocycles. The summed E-state index contributed by atoms with van der Waals surface area (Å²) in [6.45, 7) is 0.350. The third-order valence-corrected chi connectivity index (χ3v) is 2.77. The number of fused-ring (bicyclic) bond motifs is 1. The summed E-state index contributed by atoms with van der Waals surface area (Å²) in [6, 6.07) is 4.50. The van der Waals surface area contributed by atoms with Crippen molar-refractivity contribution in [2.75, 3.05) is 25.6 Å². The van der Waals surface area contributed by atoms with Crippen LogP contribution in [0.25, 0.3) is 11.1 Å². The topological polar surface area (TPSA) is 111 Å². The second-order valence-electron chi connectivity index (χ2n) is 4.21. The summed E-state index contributed by atoms with van der Waals surface area (Å²) in [4.78, 5) is 14.5. The minimum Gasteiger partial charge on any atom is -0.423 e. The lowest BCUT2D eigenvalue weighted by molar-refractivity contribution is -0.383. The van der Waals surface area contributed by atoms with E-state index >= 15 is 0 Å². The number of methoxy groups -OCH3 is 1. The Hall–Kier alpha value is -2.19. The highest BCUT2D eigenvalue weighted by Crippen LogP contribution is 2.27. The molecule has 0 bridgehead atoms. The first kappa shape index (κ1) is 14.2. The molecule has 0 fully saturated rings. The summed E-state index contributed by atoms with van der Waals surface area (Å²) in [5, 5.41) is 22.8. The number of hydrogen-bond donors (Lipinski definition) is 2. The van der Waals surface area contributed by atoms with Gasteiger partial charge in [0.2, 0.25) is 0 Å². The van der Waals surface area contributed by atoms with Crippen molar-refractivity contribution in [3.63, 3.8) is 0 Å². The van der Waals surface area contributed by atoms with Gasteiger partial charge < -0.3 is 19.6 Å². The molecule has 8 heteroatoms. The number of hydrogen-bond acceptors (Lipinski definition) is 7. The number of aliphatic hydroxyl groups excluding tert-OH is 1. The first-order chi connectivity index (χ1) is 9.65. The molecule has 2 rings (SSSR count). The molecule has 0 aliphatic carbocycles. The summed E-state index contributed by atoms with van der Waals surface area (Å²) >= 11 is 0. The minimum atomic E-state index is -0.505. The van der Waals surface area contributed by atoms with Gasteiger partial charge in [0.1, 0.15) is 0 Å². The number of benzene rings is 1. The van der Waals surface area contributed by atoms with E-state index in [2.05, 4.69) is 10.3 Å². The Bertz CT molecular complexity index is 592. The van der Waals surface area contributed by atoms with Crippen molar-refractivity contribution in [2.24, 2.45) is 0 Å². The van der Waals surface area contributed by atoms with E-state index in [1.54, 1.807) is 13.2 Å². The molecule has 108 valence electrons. The molecule has 0 spiro atoms. The van der Waals surface area contributed by atoms with Crippen LogP contribution in [0.2, 0.25) is 0 Å². The van der Waals surface area contributed by atoms with Crippen molar-refractivity contribution in [2.45, 2.75) is 12.5 Å².